The van der Waals surface area contributed by atoms with Gasteiger partial charge in [0.1, 0.15) is 5.66 Å². The molecule has 3 aliphatic rings. The van der Waals surface area contributed by atoms with Crippen molar-refractivity contribution in [1.29, 1.82) is 0 Å². The topological polar surface area (TPSA) is 73.2 Å². The van der Waals surface area contributed by atoms with Crippen LogP contribution in [0.15, 0.2) is 29.3 Å². The number of benzene rings is 1. The van der Waals surface area contributed by atoms with E-state index in [-0.39, 0.29) is 22.9 Å². The fourth-order valence-electron chi connectivity index (χ4n) is 6.62. The molecular formula is C30H45N3O3. The Balaban J connectivity index is 1.74. The minimum atomic E-state index is -0.925. The molecule has 1 saturated heterocycles. The van der Waals surface area contributed by atoms with Crippen LogP contribution in [0.1, 0.15) is 121 Å². The van der Waals surface area contributed by atoms with Crippen molar-refractivity contribution in [2.24, 2.45) is 16.3 Å². The van der Waals surface area contributed by atoms with Crippen LogP contribution in [0.2, 0.25) is 0 Å². The minimum absolute atomic E-state index is 0.0707. The number of nitrogens with zero attached hydrogens (tertiary/aromatic N) is 3. The molecule has 198 valence electrons. The van der Waals surface area contributed by atoms with Crippen molar-refractivity contribution in [3.05, 3.63) is 35.4 Å². The molecule has 4 rings (SSSR count). The number of unbranched alkanes of at least 4 members (excludes halogenated alkanes) is 1. The molecule has 2 atom stereocenters. The van der Waals surface area contributed by atoms with E-state index in [1.165, 1.54) is 6.42 Å². The van der Waals surface area contributed by atoms with E-state index in [1.807, 2.05) is 12.1 Å². The summed E-state index contributed by atoms with van der Waals surface area (Å²) < 4.78 is 0. The normalized spacial score (nSPS) is 27.9. The largest absolute Gasteiger partial charge is 0.478 e. The molecule has 1 spiro atoms. The Labute approximate surface area is 217 Å². The molecule has 36 heavy (non-hydrogen) atoms. The summed E-state index contributed by atoms with van der Waals surface area (Å²) in [6.45, 7) is 12.3. The Bertz CT molecular complexity index is 970. The summed E-state index contributed by atoms with van der Waals surface area (Å²) in [5, 5.41) is 9.41. The van der Waals surface area contributed by atoms with Crippen molar-refractivity contribution in [2.45, 2.75) is 117 Å². The first kappa shape index (κ1) is 26.7. The van der Waals surface area contributed by atoms with Crippen molar-refractivity contribution in [3.63, 3.8) is 0 Å². The lowest BCUT2D eigenvalue weighted by atomic mass is 9.69. The molecule has 0 bridgehead atoms. The second-order valence-corrected chi connectivity index (χ2v) is 12.4. The van der Waals surface area contributed by atoms with Crippen LogP contribution in [0, 0.1) is 11.3 Å². The van der Waals surface area contributed by atoms with Crippen LogP contribution in [0.5, 0.6) is 0 Å². The Morgan fingerprint density at radius 1 is 1.14 bits per heavy atom. The van der Waals surface area contributed by atoms with Gasteiger partial charge >= 0.3 is 5.97 Å². The number of carboxylic acids is 1. The van der Waals surface area contributed by atoms with Gasteiger partial charge in [0.2, 0.25) is 0 Å². The smallest absolute Gasteiger partial charge is 0.335 e. The van der Waals surface area contributed by atoms with Gasteiger partial charge in [-0.05, 0) is 87.3 Å². The first-order chi connectivity index (χ1) is 17.1. The van der Waals surface area contributed by atoms with E-state index in [9.17, 15) is 14.7 Å². The summed E-state index contributed by atoms with van der Waals surface area (Å²) in [5.41, 5.74) is 1.04. The van der Waals surface area contributed by atoms with Crippen molar-refractivity contribution >= 4 is 17.7 Å². The van der Waals surface area contributed by atoms with Gasteiger partial charge in [0.15, 0.2) is 5.84 Å². The van der Waals surface area contributed by atoms with Crippen LogP contribution in [-0.4, -0.2) is 50.9 Å². The Hall–Kier alpha value is -2.37. The maximum atomic E-state index is 14.3. The summed E-state index contributed by atoms with van der Waals surface area (Å²) in [4.78, 5) is 35.6. The van der Waals surface area contributed by atoms with Gasteiger partial charge in [-0.1, -0.05) is 52.7 Å². The maximum Gasteiger partial charge on any atom is 0.335 e. The quantitative estimate of drug-likeness (QED) is 0.479. The molecule has 1 aliphatic carbocycles. The molecule has 2 heterocycles. The average molecular weight is 496 g/mol. The minimum Gasteiger partial charge on any atom is -0.478 e. The number of hydrogen-bond acceptors (Lipinski definition) is 4. The van der Waals surface area contributed by atoms with E-state index in [0.29, 0.717) is 17.8 Å². The summed E-state index contributed by atoms with van der Waals surface area (Å²) in [6.07, 6.45) is 10.2. The fourth-order valence-corrected chi connectivity index (χ4v) is 6.62. The Morgan fingerprint density at radius 2 is 1.81 bits per heavy atom. The molecule has 1 aromatic carbocycles. The maximum absolute atomic E-state index is 14.3. The van der Waals surface area contributed by atoms with Gasteiger partial charge in [0, 0.05) is 12.6 Å². The van der Waals surface area contributed by atoms with Gasteiger partial charge in [-0.2, -0.15) is 0 Å². The van der Waals surface area contributed by atoms with Gasteiger partial charge < -0.3 is 14.9 Å². The zero-order valence-corrected chi connectivity index (χ0v) is 22.9. The second kappa shape index (κ2) is 10.5. The number of aromatic carboxylic acids is 1. The van der Waals surface area contributed by atoms with Crippen LogP contribution in [0.3, 0.4) is 0 Å². The lowest BCUT2D eigenvalue weighted by Crippen LogP contribution is -2.53. The number of hydrogen-bond donors (Lipinski definition) is 1. The summed E-state index contributed by atoms with van der Waals surface area (Å²) in [6, 6.07) is 7.39. The third-order valence-electron chi connectivity index (χ3n) is 8.94. The van der Waals surface area contributed by atoms with Crippen molar-refractivity contribution in [3.8, 4) is 0 Å². The number of amides is 1. The molecular weight excluding hydrogens is 450 g/mol. The third kappa shape index (κ3) is 5.19. The third-order valence-corrected chi connectivity index (χ3v) is 8.94. The molecule has 0 aromatic heterocycles. The number of amidine groups is 1. The van der Waals surface area contributed by atoms with Crippen LogP contribution < -0.4 is 0 Å². The molecule has 1 aromatic rings. The summed E-state index contributed by atoms with van der Waals surface area (Å²) >= 11 is 0. The van der Waals surface area contributed by atoms with Crippen molar-refractivity contribution in [1.82, 2.24) is 9.80 Å². The number of likely N-dealkylation sites (tertiary alicyclic amines) is 1. The van der Waals surface area contributed by atoms with Crippen molar-refractivity contribution < 1.29 is 14.7 Å². The predicted molar refractivity (Wildman–Crippen MR) is 144 cm³/mol. The molecule has 1 unspecified atom stereocenters. The molecule has 2 aliphatic heterocycles. The molecule has 0 radical (unpaired) electrons. The Morgan fingerprint density at radius 3 is 2.36 bits per heavy atom. The average Bonchev–Trinajstić information content (AvgIpc) is 3.11. The zero-order valence-electron chi connectivity index (χ0n) is 22.9. The van der Waals surface area contributed by atoms with E-state index in [1.54, 1.807) is 12.1 Å². The van der Waals surface area contributed by atoms with E-state index >= 15 is 0 Å². The fraction of sp³-hybridized carbons (Fsp3) is 0.700. The zero-order chi connectivity index (χ0) is 26.1. The highest BCUT2D eigenvalue weighted by molar-refractivity contribution is 6.39. The summed E-state index contributed by atoms with van der Waals surface area (Å²) in [7, 11) is 0. The molecule has 6 nitrogen and oxygen atoms in total. The second-order valence-electron chi connectivity index (χ2n) is 12.4. The number of carbonyl (C=O) groups is 2. The highest BCUT2D eigenvalue weighted by Crippen LogP contribution is 2.50. The number of rotatable bonds is 6. The number of carbonyl (C=O) groups excluding carboxylic acids is 1. The van der Waals surface area contributed by atoms with Gasteiger partial charge in [0.25, 0.3) is 5.91 Å². The molecule has 2 fully saturated rings. The van der Waals surface area contributed by atoms with Crippen LogP contribution >= 0.6 is 0 Å². The molecule has 1 amide bonds. The van der Waals surface area contributed by atoms with Crippen molar-refractivity contribution in [2.75, 3.05) is 6.54 Å². The van der Waals surface area contributed by atoms with Gasteiger partial charge in [-0.25, -0.2) is 9.79 Å². The monoisotopic (exact) mass is 495 g/mol. The highest BCUT2D eigenvalue weighted by atomic mass is 16.4. The van der Waals surface area contributed by atoms with E-state index in [0.717, 1.165) is 69.9 Å². The number of aliphatic imine (C=N–C) groups is 1. The summed E-state index contributed by atoms with van der Waals surface area (Å²) in [5.74, 6) is 0.434. The van der Waals surface area contributed by atoms with Gasteiger partial charge in [-0.3, -0.25) is 4.79 Å². The van der Waals surface area contributed by atoms with Gasteiger partial charge in [-0.15, -0.1) is 0 Å². The van der Waals surface area contributed by atoms with Gasteiger partial charge in [0.05, 0.1) is 11.6 Å². The lowest BCUT2D eigenvalue weighted by Gasteiger charge is -2.47. The van der Waals surface area contributed by atoms with Crippen LogP contribution in [-0.2, 0) is 4.79 Å². The van der Waals surface area contributed by atoms with Crippen LogP contribution in [0.25, 0.3) is 0 Å². The van der Waals surface area contributed by atoms with E-state index < -0.39 is 11.6 Å². The lowest BCUT2D eigenvalue weighted by molar-refractivity contribution is -0.134. The predicted octanol–water partition coefficient (Wildman–Crippen LogP) is 6.66. The highest BCUT2D eigenvalue weighted by Gasteiger charge is 2.53. The SMILES string of the molecule is CCCC[C@H](c1ccc(C(=O)O)cc1)N1C(=O)C(N2CCCCC2C)=NC12CCC(C(C)(C)C)CC2. The first-order valence-corrected chi connectivity index (χ1v) is 14.1. The number of carboxylic acid groups (broad SMARTS) is 1. The molecule has 1 saturated carbocycles. The molecule has 6 heteroatoms. The van der Waals surface area contributed by atoms with Crippen LogP contribution in [0.4, 0.5) is 0 Å². The van der Waals surface area contributed by atoms with E-state index in [4.69, 9.17) is 4.99 Å². The molecule has 1 N–H and O–H groups in total. The Kier molecular flexibility index (Phi) is 7.82. The van der Waals surface area contributed by atoms with E-state index in [2.05, 4.69) is 44.4 Å². The number of piperidine rings is 1. The first-order valence-electron chi connectivity index (χ1n) is 14.1. The standard InChI is InChI=1S/C30H45N3O3/c1-6-7-11-25(22-12-14-23(15-13-22)28(35)36)33-27(34)26(32-20-9-8-10-21(32)2)31-30(33)18-16-24(17-19-30)29(3,4)5/h12-15,21,24-25H,6-11,16-20H2,1-5H3,(H,35,36)/t21?,24?,25-,30?/m1/s1.